The Kier molecular flexibility index (Phi) is 7.46. The summed E-state index contributed by atoms with van der Waals surface area (Å²) in [4.78, 5) is 2.38. The highest BCUT2D eigenvalue weighted by molar-refractivity contribution is 6.73. The average Bonchev–Trinajstić information content (AvgIpc) is 2.24. The van der Waals surface area contributed by atoms with Crippen LogP contribution in [0.2, 0.25) is 18.1 Å². The summed E-state index contributed by atoms with van der Waals surface area (Å²) in [5, 5.41) is 0. The van der Waals surface area contributed by atoms with E-state index in [0.717, 1.165) is 44.2 Å². The Bertz CT molecular complexity index is 133. The first-order valence-electron chi connectivity index (χ1n) is 6.03. The van der Waals surface area contributed by atoms with Gasteiger partial charge in [-0.2, -0.15) is 0 Å². The van der Waals surface area contributed by atoms with Gasteiger partial charge in [-0.3, -0.25) is 0 Å². The summed E-state index contributed by atoms with van der Waals surface area (Å²) in [5.41, 5.74) is 0. The SMILES string of the molecule is CCN(CC)CCC[Si](F)(CC)CC. The van der Waals surface area contributed by atoms with Crippen LogP contribution in [0.25, 0.3) is 0 Å². The summed E-state index contributed by atoms with van der Waals surface area (Å²) >= 11 is 0. The second-order valence-electron chi connectivity index (χ2n) is 3.99. The molecule has 0 aromatic carbocycles. The van der Waals surface area contributed by atoms with Gasteiger partial charge in [0.2, 0.25) is 8.41 Å². The summed E-state index contributed by atoms with van der Waals surface area (Å²) in [6.07, 6.45) is 1.05. The molecule has 0 unspecified atom stereocenters. The number of hydrogen-bond acceptors (Lipinski definition) is 1. The molecule has 0 saturated heterocycles. The second kappa shape index (κ2) is 7.41. The topological polar surface area (TPSA) is 3.24 Å². The van der Waals surface area contributed by atoms with Crippen LogP contribution in [0.5, 0.6) is 0 Å². The van der Waals surface area contributed by atoms with E-state index in [0.29, 0.717) is 0 Å². The molecule has 0 aliphatic rings. The van der Waals surface area contributed by atoms with Crippen molar-refractivity contribution in [3.05, 3.63) is 0 Å². The summed E-state index contributed by atoms with van der Waals surface area (Å²) < 4.78 is 14.0. The zero-order chi connectivity index (χ0) is 11.0. The molecule has 1 nitrogen and oxygen atoms in total. The Morgan fingerprint density at radius 1 is 1.00 bits per heavy atom. The van der Waals surface area contributed by atoms with E-state index in [4.69, 9.17) is 0 Å². The van der Waals surface area contributed by atoms with Crippen molar-refractivity contribution in [2.45, 2.75) is 52.2 Å². The van der Waals surface area contributed by atoms with Gasteiger partial charge in [0, 0.05) is 0 Å². The maximum absolute atomic E-state index is 14.0. The van der Waals surface area contributed by atoms with Crippen LogP contribution >= 0.6 is 0 Å². The fourth-order valence-electron chi connectivity index (χ4n) is 1.76. The largest absolute Gasteiger partial charge is 0.314 e. The zero-order valence-corrected chi connectivity index (χ0v) is 11.3. The Labute approximate surface area is 89.9 Å². The molecule has 0 bridgehead atoms. The molecule has 0 radical (unpaired) electrons. The molecule has 0 spiro atoms. The van der Waals surface area contributed by atoms with E-state index >= 15 is 0 Å². The highest BCUT2D eigenvalue weighted by Crippen LogP contribution is 2.23. The van der Waals surface area contributed by atoms with E-state index in [9.17, 15) is 4.11 Å². The Hall–Kier alpha value is 0.107. The Balaban J connectivity index is 3.70. The fraction of sp³-hybridized carbons (Fsp3) is 1.00. The molecule has 0 aromatic heterocycles. The maximum Gasteiger partial charge on any atom is 0.246 e. The Morgan fingerprint density at radius 2 is 1.50 bits per heavy atom. The number of hydrogen-bond donors (Lipinski definition) is 0. The zero-order valence-electron chi connectivity index (χ0n) is 10.3. The van der Waals surface area contributed by atoms with Gasteiger partial charge in [-0.25, -0.2) is 0 Å². The normalized spacial score (nSPS) is 12.4. The lowest BCUT2D eigenvalue weighted by Crippen LogP contribution is -2.29. The van der Waals surface area contributed by atoms with Gasteiger partial charge >= 0.3 is 0 Å². The van der Waals surface area contributed by atoms with E-state index in [2.05, 4.69) is 18.7 Å². The van der Waals surface area contributed by atoms with E-state index in [-0.39, 0.29) is 0 Å². The van der Waals surface area contributed by atoms with Crippen LogP contribution in [0.1, 0.15) is 34.1 Å². The first kappa shape index (κ1) is 14.1. The summed E-state index contributed by atoms with van der Waals surface area (Å²) in [6.45, 7) is 11.6. The second-order valence-corrected chi connectivity index (χ2v) is 8.20. The fourth-order valence-corrected chi connectivity index (χ4v) is 3.76. The van der Waals surface area contributed by atoms with E-state index in [1.807, 2.05) is 13.8 Å². The molecule has 14 heavy (non-hydrogen) atoms. The molecule has 0 rings (SSSR count). The molecule has 86 valence electrons. The highest BCUT2D eigenvalue weighted by Gasteiger charge is 2.28. The van der Waals surface area contributed by atoms with E-state index < -0.39 is 8.41 Å². The van der Waals surface area contributed by atoms with Crippen LogP contribution in [0.4, 0.5) is 4.11 Å². The quantitative estimate of drug-likeness (QED) is 0.445. The smallest absolute Gasteiger partial charge is 0.246 e. The molecule has 0 amide bonds. The summed E-state index contributed by atoms with van der Waals surface area (Å²) in [7, 11) is -2.32. The monoisotopic (exact) mass is 219 g/mol. The van der Waals surface area contributed by atoms with Crippen LogP contribution in [-0.2, 0) is 0 Å². The molecule has 0 N–H and O–H groups in total. The minimum absolute atomic E-state index is 0.793. The van der Waals surface area contributed by atoms with Gasteiger partial charge in [0.25, 0.3) is 0 Å². The van der Waals surface area contributed by atoms with Crippen LogP contribution in [0.3, 0.4) is 0 Å². The highest BCUT2D eigenvalue weighted by atomic mass is 28.4. The van der Waals surface area contributed by atoms with E-state index in [1.165, 1.54) is 0 Å². The maximum atomic E-state index is 14.0. The average molecular weight is 219 g/mol. The molecular formula is C11H26FNSi. The lowest BCUT2D eigenvalue weighted by atomic mass is 10.4. The van der Waals surface area contributed by atoms with Crippen molar-refractivity contribution in [1.29, 1.82) is 0 Å². The molecule has 0 aromatic rings. The summed E-state index contributed by atoms with van der Waals surface area (Å²) in [5.74, 6) is 0. The van der Waals surface area contributed by atoms with Gasteiger partial charge in [0.05, 0.1) is 0 Å². The van der Waals surface area contributed by atoms with Crippen molar-refractivity contribution in [2.24, 2.45) is 0 Å². The van der Waals surface area contributed by atoms with Gasteiger partial charge < -0.3 is 9.01 Å². The molecule has 0 saturated carbocycles. The van der Waals surface area contributed by atoms with Crippen molar-refractivity contribution < 1.29 is 4.11 Å². The summed E-state index contributed by atoms with van der Waals surface area (Å²) in [6, 6.07) is 2.44. The van der Waals surface area contributed by atoms with Crippen LogP contribution in [-0.4, -0.2) is 32.9 Å². The minimum atomic E-state index is -2.32. The van der Waals surface area contributed by atoms with Crippen molar-refractivity contribution >= 4 is 8.41 Å². The standard InChI is InChI=1S/C11H26FNSi/c1-5-13(6-2)10-9-11-14(12,7-3)8-4/h5-11H2,1-4H3. The van der Waals surface area contributed by atoms with Gasteiger partial charge in [0.15, 0.2) is 0 Å². The molecule has 0 fully saturated rings. The first-order valence-corrected chi connectivity index (χ1v) is 8.53. The molecular weight excluding hydrogens is 193 g/mol. The molecule has 3 heteroatoms. The number of nitrogens with zero attached hydrogens (tertiary/aromatic N) is 1. The molecule has 0 aliphatic heterocycles. The third-order valence-electron chi connectivity index (χ3n) is 3.26. The predicted molar refractivity (Wildman–Crippen MR) is 65.0 cm³/mol. The van der Waals surface area contributed by atoms with Crippen molar-refractivity contribution in [1.82, 2.24) is 4.90 Å². The number of halogens is 1. The van der Waals surface area contributed by atoms with Crippen molar-refractivity contribution in [3.8, 4) is 0 Å². The van der Waals surface area contributed by atoms with Gasteiger partial charge in [-0.15, -0.1) is 0 Å². The molecule has 0 aliphatic carbocycles. The van der Waals surface area contributed by atoms with Crippen molar-refractivity contribution in [2.75, 3.05) is 19.6 Å². The molecule has 0 heterocycles. The van der Waals surface area contributed by atoms with Crippen LogP contribution in [0, 0.1) is 0 Å². The third-order valence-corrected chi connectivity index (χ3v) is 7.05. The van der Waals surface area contributed by atoms with E-state index in [1.54, 1.807) is 0 Å². The lowest BCUT2D eigenvalue weighted by Gasteiger charge is -2.22. The first-order chi connectivity index (χ1) is 6.61. The van der Waals surface area contributed by atoms with Gasteiger partial charge in [-0.05, 0) is 44.2 Å². The van der Waals surface area contributed by atoms with Crippen molar-refractivity contribution in [3.63, 3.8) is 0 Å². The lowest BCUT2D eigenvalue weighted by molar-refractivity contribution is 0.303. The Morgan fingerprint density at radius 3 is 1.86 bits per heavy atom. The number of rotatable bonds is 8. The molecule has 0 atom stereocenters. The van der Waals surface area contributed by atoms with Gasteiger partial charge in [-0.1, -0.05) is 27.7 Å². The predicted octanol–water partition coefficient (Wildman–Crippen LogP) is 3.67. The third kappa shape index (κ3) is 5.10. The minimum Gasteiger partial charge on any atom is -0.314 e. The van der Waals surface area contributed by atoms with Crippen LogP contribution < -0.4 is 0 Å². The van der Waals surface area contributed by atoms with Gasteiger partial charge in [0.1, 0.15) is 0 Å². The van der Waals surface area contributed by atoms with Crippen LogP contribution in [0.15, 0.2) is 0 Å².